The van der Waals surface area contributed by atoms with Crippen LogP contribution >= 0.6 is 0 Å². The van der Waals surface area contributed by atoms with Crippen molar-refractivity contribution < 1.29 is 30.6 Å². The summed E-state index contributed by atoms with van der Waals surface area (Å²) in [6.07, 6.45) is 3.59. The summed E-state index contributed by atoms with van der Waals surface area (Å²) in [6, 6.07) is 0. The molecule has 0 spiro atoms. The van der Waals surface area contributed by atoms with Crippen molar-refractivity contribution in [3.8, 4) is 0 Å². The number of rotatable bonds is 6. The third-order valence-electron chi connectivity index (χ3n) is 11.3. The molecule has 0 heterocycles. The Bertz CT molecular complexity index is 702. The van der Waals surface area contributed by atoms with Gasteiger partial charge in [0.2, 0.25) is 0 Å². The van der Waals surface area contributed by atoms with Gasteiger partial charge in [-0.25, -0.2) is 0 Å². The van der Waals surface area contributed by atoms with Gasteiger partial charge in [0.15, 0.2) is 0 Å². The van der Waals surface area contributed by atoms with E-state index in [2.05, 4.69) is 27.7 Å². The van der Waals surface area contributed by atoms with Gasteiger partial charge in [0.1, 0.15) is 0 Å². The first kappa shape index (κ1) is 25.8. The molecule has 4 saturated carbocycles. The van der Waals surface area contributed by atoms with Crippen LogP contribution < -0.4 is 0 Å². The highest BCUT2D eigenvalue weighted by Crippen LogP contribution is 2.69. The van der Waals surface area contributed by atoms with Crippen LogP contribution in [0.4, 0.5) is 0 Å². The predicted molar refractivity (Wildman–Crippen MR) is 126 cm³/mol. The summed E-state index contributed by atoms with van der Waals surface area (Å²) in [5.41, 5.74) is -2.00. The molecule has 6 heteroatoms. The first-order valence-corrected chi connectivity index (χ1v) is 13.5. The molecule has 0 bridgehead atoms. The Morgan fingerprint density at radius 1 is 0.939 bits per heavy atom. The largest absolute Gasteiger partial charge is 0.396 e. The van der Waals surface area contributed by atoms with Gasteiger partial charge in [0.05, 0.1) is 30.0 Å². The minimum Gasteiger partial charge on any atom is -0.396 e. The maximum absolute atomic E-state index is 11.6. The molecule has 4 fully saturated rings. The lowest BCUT2D eigenvalue weighted by molar-refractivity contribution is -0.268. The lowest BCUT2D eigenvalue weighted by Crippen LogP contribution is -2.69. The van der Waals surface area contributed by atoms with E-state index in [0.29, 0.717) is 19.3 Å². The van der Waals surface area contributed by atoms with Crippen LogP contribution in [0, 0.1) is 46.3 Å². The van der Waals surface area contributed by atoms with Gasteiger partial charge in [-0.2, -0.15) is 0 Å². The summed E-state index contributed by atoms with van der Waals surface area (Å²) in [4.78, 5) is 0. The van der Waals surface area contributed by atoms with E-state index in [1.165, 1.54) is 0 Å². The van der Waals surface area contributed by atoms with Gasteiger partial charge < -0.3 is 30.6 Å². The zero-order valence-corrected chi connectivity index (χ0v) is 21.0. The van der Waals surface area contributed by atoms with Crippen molar-refractivity contribution in [2.45, 2.75) is 115 Å². The minimum absolute atomic E-state index is 0.00169. The molecule has 4 unspecified atom stereocenters. The fraction of sp³-hybridized carbons (Fsp3) is 1.00. The van der Waals surface area contributed by atoms with Crippen molar-refractivity contribution in [1.29, 1.82) is 0 Å². The van der Waals surface area contributed by atoms with E-state index in [9.17, 15) is 30.6 Å². The SMILES string of the molecule is CC(CO)CCC[C@@H](C)[C@H]1[C@@H](O)[C@H](O)C2C3C[C@@H](O)[C@@]4(O)C[C@@H](O)CC[C@]4(C)C3CC[C@@]21C. The van der Waals surface area contributed by atoms with Crippen molar-refractivity contribution in [2.75, 3.05) is 6.61 Å². The van der Waals surface area contributed by atoms with Gasteiger partial charge in [-0.1, -0.05) is 40.5 Å². The molecule has 0 amide bonds. The van der Waals surface area contributed by atoms with Crippen LogP contribution in [0.15, 0.2) is 0 Å². The van der Waals surface area contributed by atoms with Gasteiger partial charge >= 0.3 is 0 Å². The molecule has 6 N–H and O–H groups in total. The van der Waals surface area contributed by atoms with Gasteiger partial charge in [-0.3, -0.25) is 0 Å². The number of hydrogen-bond donors (Lipinski definition) is 6. The number of fused-ring (bicyclic) bond motifs is 5. The Hall–Kier alpha value is -0.240. The third-order valence-corrected chi connectivity index (χ3v) is 11.3. The second kappa shape index (κ2) is 9.01. The Kier molecular flexibility index (Phi) is 7.05. The van der Waals surface area contributed by atoms with E-state index in [0.717, 1.165) is 32.1 Å². The van der Waals surface area contributed by atoms with E-state index in [1.807, 2.05) is 0 Å². The van der Waals surface area contributed by atoms with Crippen LogP contribution in [0.3, 0.4) is 0 Å². The summed E-state index contributed by atoms with van der Waals surface area (Å²) in [5.74, 6) is 0.665. The molecule has 0 aromatic heterocycles. The second-order valence-corrected chi connectivity index (χ2v) is 13.0. The zero-order chi connectivity index (χ0) is 24.3. The fourth-order valence-corrected chi connectivity index (χ4v) is 9.43. The maximum Gasteiger partial charge on any atom is 0.0985 e. The third kappa shape index (κ3) is 3.82. The first-order chi connectivity index (χ1) is 15.4. The predicted octanol–water partition coefficient (Wildman–Crippen LogP) is 2.47. The molecular weight excluding hydrogens is 420 g/mol. The molecule has 4 rings (SSSR count). The average Bonchev–Trinajstić information content (AvgIpc) is 2.95. The second-order valence-electron chi connectivity index (χ2n) is 13.0. The Morgan fingerprint density at radius 2 is 1.64 bits per heavy atom. The first-order valence-electron chi connectivity index (χ1n) is 13.5. The van der Waals surface area contributed by atoms with Crippen molar-refractivity contribution >= 4 is 0 Å². The highest BCUT2D eigenvalue weighted by Gasteiger charge is 2.70. The number of hydrogen-bond acceptors (Lipinski definition) is 6. The van der Waals surface area contributed by atoms with Gasteiger partial charge in [-0.15, -0.1) is 0 Å². The van der Waals surface area contributed by atoms with Gasteiger partial charge in [0, 0.05) is 18.4 Å². The van der Waals surface area contributed by atoms with E-state index >= 15 is 0 Å². The highest BCUT2D eigenvalue weighted by molar-refractivity contribution is 5.19. The molecule has 0 aromatic carbocycles. The standard InChI is InChI=1S/C27H48O6/c1-15(14-28)6-5-7-16(2)21-23(31)24(32)22-18-12-20(30)27(33)13-17(29)8-11-26(27,4)19(18)9-10-25(21,22)3/h15-24,28-33H,5-14H2,1-4H3/t15?,16-,17+,18?,19?,20-,21+,22?,23-,24-,25-,26-,27+/m1/s1. The monoisotopic (exact) mass is 468 g/mol. The van der Waals surface area contributed by atoms with Crippen molar-refractivity contribution in [2.24, 2.45) is 46.3 Å². The van der Waals surface area contributed by atoms with Crippen molar-refractivity contribution in [1.82, 2.24) is 0 Å². The van der Waals surface area contributed by atoms with Crippen LogP contribution in [0.5, 0.6) is 0 Å². The van der Waals surface area contributed by atoms with E-state index in [-0.39, 0.29) is 54.0 Å². The van der Waals surface area contributed by atoms with Crippen molar-refractivity contribution in [3.63, 3.8) is 0 Å². The molecule has 4 aliphatic rings. The maximum atomic E-state index is 11.6. The lowest BCUT2D eigenvalue weighted by Gasteiger charge is -2.65. The smallest absolute Gasteiger partial charge is 0.0985 e. The molecule has 33 heavy (non-hydrogen) atoms. The number of aliphatic hydroxyl groups is 6. The molecular formula is C27H48O6. The molecule has 192 valence electrons. The molecule has 0 aliphatic heterocycles. The Labute approximate surface area is 199 Å². The highest BCUT2D eigenvalue weighted by atomic mass is 16.3. The Morgan fingerprint density at radius 3 is 2.30 bits per heavy atom. The van der Waals surface area contributed by atoms with Crippen LogP contribution in [0.1, 0.15) is 85.5 Å². The van der Waals surface area contributed by atoms with Gasteiger partial charge in [0.25, 0.3) is 0 Å². The summed E-state index contributed by atoms with van der Waals surface area (Å²) in [7, 11) is 0. The molecule has 13 atom stereocenters. The van der Waals surface area contributed by atoms with Gasteiger partial charge in [-0.05, 0) is 79.4 Å². The Balaban J connectivity index is 1.58. The van der Waals surface area contributed by atoms with Crippen LogP contribution in [0.2, 0.25) is 0 Å². The molecule has 4 aliphatic carbocycles. The zero-order valence-electron chi connectivity index (χ0n) is 21.0. The minimum atomic E-state index is -1.29. The normalized spacial score (nSPS) is 53.6. The summed E-state index contributed by atoms with van der Waals surface area (Å²) >= 11 is 0. The van der Waals surface area contributed by atoms with Crippen LogP contribution in [-0.4, -0.2) is 67.3 Å². The van der Waals surface area contributed by atoms with E-state index < -0.39 is 35.4 Å². The van der Waals surface area contributed by atoms with E-state index in [1.54, 1.807) is 0 Å². The average molecular weight is 469 g/mol. The summed E-state index contributed by atoms with van der Waals surface area (Å²) < 4.78 is 0. The topological polar surface area (TPSA) is 121 Å². The molecule has 0 aromatic rings. The fourth-order valence-electron chi connectivity index (χ4n) is 9.43. The van der Waals surface area contributed by atoms with Crippen LogP contribution in [0.25, 0.3) is 0 Å². The van der Waals surface area contributed by atoms with Crippen LogP contribution in [-0.2, 0) is 0 Å². The van der Waals surface area contributed by atoms with E-state index in [4.69, 9.17) is 0 Å². The lowest BCUT2D eigenvalue weighted by atomic mass is 9.42. The number of aliphatic hydroxyl groups excluding tert-OH is 5. The summed E-state index contributed by atoms with van der Waals surface area (Å²) in [5, 5.41) is 65.0. The molecule has 0 radical (unpaired) electrons. The molecule has 0 saturated heterocycles. The quantitative estimate of drug-likeness (QED) is 0.356. The summed E-state index contributed by atoms with van der Waals surface area (Å²) in [6.45, 7) is 8.78. The van der Waals surface area contributed by atoms with Crippen molar-refractivity contribution in [3.05, 3.63) is 0 Å². The molecule has 6 nitrogen and oxygen atoms in total.